The minimum Gasteiger partial charge on any atom is -0.444 e. The Bertz CT molecular complexity index is 420. The van der Waals surface area contributed by atoms with E-state index in [2.05, 4.69) is 10.4 Å². The van der Waals surface area contributed by atoms with E-state index >= 15 is 0 Å². The number of nitrogens with one attached hydrogen (secondary N) is 1. The van der Waals surface area contributed by atoms with Gasteiger partial charge in [0.25, 0.3) is 0 Å². The van der Waals surface area contributed by atoms with Crippen LogP contribution in [0.1, 0.15) is 38.1 Å². The van der Waals surface area contributed by atoms with E-state index in [-0.39, 0.29) is 6.04 Å². The van der Waals surface area contributed by atoms with Crippen LogP contribution in [-0.2, 0) is 11.8 Å². The fourth-order valence-electron chi connectivity index (χ4n) is 1.67. The quantitative estimate of drug-likeness (QED) is 0.850. The van der Waals surface area contributed by atoms with Gasteiger partial charge in [-0.05, 0) is 27.7 Å². The zero-order valence-electron chi connectivity index (χ0n) is 11.7. The number of alkyl carbamates (subject to hydrolysis) is 1. The molecule has 0 aromatic carbocycles. The second-order valence-electron chi connectivity index (χ2n) is 5.28. The monoisotopic (exact) mass is 254 g/mol. The largest absolute Gasteiger partial charge is 0.444 e. The van der Waals surface area contributed by atoms with E-state index in [4.69, 9.17) is 10.5 Å². The van der Waals surface area contributed by atoms with Crippen molar-refractivity contribution in [3.05, 3.63) is 17.5 Å². The number of carbonyl (C=O) groups excluding carboxylic acids is 1. The second kappa shape index (κ2) is 5.39. The Kier molecular flexibility index (Phi) is 4.34. The van der Waals surface area contributed by atoms with Crippen LogP contribution in [0.25, 0.3) is 0 Å². The lowest BCUT2D eigenvalue weighted by Crippen LogP contribution is -2.37. The fourth-order valence-corrected chi connectivity index (χ4v) is 1.67. The van der Waals surface area contributed by atoms with Crippen LogP contribution in [0, 0.1) is 6.92 Å². The Hall–Kier alpha value is -1.56. The molecule has 0 spiro atoms. The van der Waals surface area contributed by atoms with Gasteiger partial charge in [0.2, 0.25) is 0 Å². The molecule has 1 atom stereocenters. The summed E-state index contributed by atoms with van der Waals surface area (Å²) in [5, 5.41) is 6.98. The molecular formula is C12H22N4O2. The van der Waals surface area contributed by atoms with Crippen LogP contribution in [0.5, 0.6) is 0 Å². The topological polar surface area (TPSA) is 82.2 Å². The lowest BCUT2D eigenvalue weighted by atomic mass is 10.1. The first-order valence-electron chi connectivity index (χ1n) is 5.92. The molecule has 0 radical (unpaired) electrons. The number of nitrogens with two attached hydrogens (primary N) is 1. The maximum absolute atomic E-state index is 11.7. The molecule has 1 amide bonds. The van der Waals surface area contributed by atoms with Gasteiger partial charge < -0.3 is 15.8 Å². The van der Waals surface area contributed by atoms with E-state index in [1.165, 1.54) is 0 Å². The Morgan fingerprint density at radius 1 is 1.61 bits per heavy atom. The maximum atomic E-state index is 11.7. The fraction of sp³-hybridized carbons (Fsp3) is 0.667. The number of hydrogen-bond acceptors (Lipinski definition) is 4. The van der Waals surface area contributed by atoms with E-state index in [9.17, 15) is 4.79 Å². The predicted octanol–water partition coefficient (Wildman–Crippen LogP) is 1.25. The lowest BCUT2D eigenvalue weighted by molar-refractivity contribution is 0.0505. The molecule has 18 heavy (non-hydrogen) atoms. The minimum absolute atomic E-state index is 0.284. The number of carbonyl (C=O) groups is 1. The summed E-state index contributed by atoms with van der Waals surface area (Å²) in [5.41, 5.74) is 6.93. The zero-order chi connectivity index (χ0) is 13.9. The summed E-state index contributed by atoms with van der Waals surface area (Å²) in [6.07, 6.45) is 1.38. The van der Waals surface area contributed by atoms with Crippen LogP contribution >= 0.6 is 0 Å². The molecule has 0 aliphatic carbocycles. The molecule has 0 fully saturated rings. The number of ether oxygens (including phenoxy) is 1. The zero-order valence-corrected chi connectivity index (χ0v) is 11.7. The van der Waals surface area contributed by atoms with E-state index in [1.54, 1.807) is 4.68 Å². The van der Waals surface area contributed by atoms with Gasteiger partial charge in [0, 0.05) is 25.4 Å². The number of nitrogens with zero attached hydrogens (tertiary/aromatic N) is 2. The first-order valence-corrected chi connectivity index (χ1v) is 5.92. The molecule has 1 aromatic rings. The highest BCUT2D eigenvalue weighted by Gasteiger charge is 2.21. The van der Waals surface area contributed by atoms with Gasteiger partial charge in [-0.1, -0.05) is 0 Å². The normalized spacial score (nSPS) is 13.2. The van der Waals surface area contributed by atoms with Crippen molar-refractivity contribution in [3.8, 4) is 0 Å². The highest BCUT2D eigenvalue weighted by atomic mass is 16.6. The number of rotatable bonds is 3. The van der Waals surface area contributed by atoms with Gasteiger partial charge in [0.1, 0.15) is 5.60 Å². The first-order chi connectivity index (χ1) is 8.23. The Balaban J connectivity index is 2.74. The average Bonchev–Trinajstić information content (AvgIpc) is 2.51. The first kappa shape index (κ1) is 14.5. The van der Waals surface area contributed by atoms with Crippen molar-refractivity contribution in [1.29, 1.82) is 0 Å². The molecule has 3 N–H and O–H groups in total. The van der Waals surface area contributed by atoms with Crippen molar-refractivity contribution >= 4 is 6.09 Å². The third-order valence-electron chi connectivity index (χ3n) is 2.35. The molecule has 1 rings (SSSR count). The number of aryl methyl sites for hydroxylation is 2. The van der Waals surface area contributed by atoms with Crippen LogP contribution in [-0.4, -0.2) is 28.0 Å². The third-order valence-corrected chi connectivity index (χ3v) is 2.35. The number of hydrogen-bond donors (Lipinski definition) is 2. The van der Waals surface area contributed by atoms with Gasteiger partial charge in [0.05, 0.1) is 11.7 Å². The predicted molar refractivity (Wildman–Crippen MR) is 69.1 cm³/mol. The Labute approximate surface area is 107 Å². The van der Waals surface area contributed by atoms with Gasteiger partial charge >= 0.3 is 6.09 Å². The van der Waals surface area contributed by atoms with Crippen LogP contribution in [0.4, 0.5) is 4.79 Å². The van der Waals surface area contributed by atoms with Crippen LogP contribution in [0.2, 0.25) is 0 Å². The van der Waals surface area contributed by atoms with Crippen molar-refractivity contribution in [2.45, 2.75) is 39.3 Å². The molecular weight excluding hydrogens is 232 g/mol. The summed E-state index contributed by atoms with van der Waals surface area (Å²) < 4.78 is 6.90. The summed E-state index contributed by atoms with van der Waals surface area (Å²) in [4.78, 5) is 11.7. The molecule has 102 valence electrons. The van der Waals surface area contributed by atoms with Crippen molar-refractivity contribution in [2.24, 2.45) is 12.8 Å². The molecule has 0 saturated heterocycles. The summed E-state index contributed by atoms with van der Waals surface area (Å²) in [7, 11) is 1.83. The van der Waals surface area contributed by atoms with Crippen LogP contribution in [0.15, 0.2) is 6.20 Å². The maximum Gasteiger partial charge on any atom is 0.408 e. The highest BCUT2D eigenvalue weighted by molar-refractivity contribution is 5.68. The number of aromatic nitrogens is 2. The van der Waals surface area contributed by atoms with E-state index in [0.717, 1.165) is 11.3 Å². The molecule has 0 saturated carbocycles. The Morgan fingerprint density at radius 3 is 2.61 bits per heavy atom. The van der Waals surface area contributed by atoms with Gasteiger partial charge in [-0.2, -0.15) is 5.10 Å². The molecule has 0 aliphatic rings. The Morgan fingerprint density at radius 2 is 2.22 bits per heavy atom. The standard InChI is InChI=1S/C12H22N4O2/c1-8-9(7-16(5)15-8)10(6-13)14-11(17)18-12(2,3)4/h7,10H,6,13H2,1-5H3,(H,14,17). The van der Waals surface area contributed by atoms with Gasteiger partial charge in [0.15, 0.2) is 0 Å². The molecule has 0 aliphatic heterocycles. The second-order valence-corrected chi connectivity index (χ2v) is 5.28. The molecule has 1 heterocycles. The molecule has 6 nitrogen and oxygen atoms in total. The van der Waals surface area contributed by atoms with Gasteiger partial charge in [-0.15, -0.1) is 0 Å². The molecule has 0 bridgehead atoms. The van der Waals surface area contributed by atoms with E-state index in [0.29, 0.717) is 6.54 Å². The molecule has 1 aromatic heterocycles. The van der Waals surface area contributed by atoms with Crippen molar-refractivity contribution in [2.75, 3.05) is 6.54 Å². The SMILES string of the molecule is Cc1nn(C)cc1C(CN)NC(=O)OC(C)(C)C. The number of amides is 1. The van der Waals surface area contributed by atoms with Gasteiger partial charge in [-0.25, -0.2) is 4.79 Å². The van der Waals surface area contributed by atoms with E-state index in [1.807, 2.05) is 40.9 Å². The lowest BCUT2D eigenvalue weighted by Gasteiger charge is -2.22. The summed E-state index contributed by atoms with van der Waals surface area (Å²) in [5.74, 6) is 0. The summed E-state index contributed by atoms with van der Waals surface area (Å²) >= 11 is 0. The summed E-state index contributed by atoms with van der Waals surface area (Å²) in [6.45, 7) is 7.64. The van der Waals surface area contributed by atoms with Gasteiger partial charge in [-0.3, -0.25) is 4.68 Å². The van der Waals surface area contributed by atoms with Crippen LogP contribution < -0.4 is 11.1 Å². The summed E-state index contributed by atoms with van der Waals surface area (Å²) in [6, 6.07) is -0.284. The highest BCUT2D eigenvalue weighted by Crippen LogP contribution is 2.16. The minimum atomic E-state index is -0.521. The smallest absolute Gasteiger partial charge is 0.408 e. The van der Waals surface area contributed by atoms with Crippen molar-refractivity contribution < 1.29 is 9.53 Å². The molecule has 1 unspecified atom stereocenters. The molecule has 6 heteroatoms. The van der Waals surface area contributed by atoms with Crippen LogP contribution in [0.3, 0.4) is 0 Å². The van der Waals surface area contributed by atoms with Crippen molar-refractivity contribution in [3.63, 3.8) is 0 Å². The van der Waals surface area contributed by atoms with E-state index < -0.39 is 11.7 Å². The van der Waals surface area contributed by atoms with Crippen molar-refractivity contribution in [1.82, 2.24) is 15.1 Å². The average molecular weight is 254 g/mol. The third kappa shape index (κ3) is 4.03.